The lowest BCUT2D eigenvalue weighted by molar-refractivity contribution is -0.116. The Hall–Kier alpha value is -2.95. The third kappa shape index (κ3) is 7.53. The summed E-state index contributed by atoms with van der Waals surface area (Å²) >= 11 is 0. The molecule has 0 atom stereocenters. The molecular weight excluding hydrogens is 364 g/mol. The molecule has 2 N–H and O–H groups in total. The molecule has 0 aliphatic rings. The number of phenols is 1. The average molecular weight is 397 g/mol. The number of ether oxygens (including phenoxy) is 1. The summed E-state index contributed by atoms with van der Waals surface area (Å²) in [4.78, 5) is 14.3. The van der Waals surface area contributed by atoms with Crippen LogP contribution in [0.1, 0.15) is 37.3 Å². The predicted molar refractivity (Wildman–Crippen MR) is 120 cm³/mol. The van der Waals surface area contributed by atoms with Crippen molar-refractivity contribution in [2.24, 2.45) is 0 Å². The molecular formula is C24H32N2O3. The lowest BCUT2D eigenvalue weighted by Gasteiger charge is -2.22. The molecule has 2 aromatic carbocycles. The minimum Gasteiger partial charge on any atom is -0.508 e. The number of unbranched alkanes of at least 4 members (excludes halogenated alkanes) is 2. The SMILES string of the molecule is CCCCCN(C)c1cc(C=CC(=O)NCCc2ccc(O)cc2)ccc1OC. The summed E-state index contributed by atoms with van der Waals surface area (Å²) in [6.45, 7) is 3.71. The molecule has 2 aromatic rings. The molecule has 0 saturated heterocycles. The fraction of sp³-hybridized carbons (Fsp3) is 0.375. The second-order valence-corrected chi connectivity index (χ2v) is 7.10. The first kappa shape index (κ1) is 22.3. The largest absolute Gasteiger partial charge is 0.508 e. The summed E-state index contributed by atoms with van der Waals surface area (Å²) in [5.74, 6) is 0.951. The first-order valence-corrected chi connectivity index (χ1v) is 10.2. The molecule has 0 aliphatic carbocycles. The first-order chi connectivity index (χ1) is 14.0. The minimum absolute atomic E-state index is 0.127. The molecule has 0 bridgehead atoms. The number of aromatic hydroxyl groups is 1. The third-order valence-electron chi connectivity index (χ3n) is 4.79. The van der Waals surface area contributed by atoms with E-state index in [2.05, 4.69) is 24.2 Å². The van der Waals surface area contributed by atoms with E-state index in [9.17, 15) is 9.90 Å². The molecule has 5 heteroatoms. The maximum absolute atomic E-state index is 12.1. The third-order valence-corrected chi connectivity index (χ3v) is 4.79. The fourth-order valence-corrected chi connectivity index (χ4v) is 3.05. The molecule has 1 amide bonds. The second-order valence-electron chi connectivity index (χ2n) is 7.10. The summed E-state index contributed by atoms with van der Waals surface area (Å²) in [5, 5.41) is 12.2. The molecule has 0 saturated carbocycles. The van der Waals surface area contributed by atoms with Crippen LogP contribution in [-0.4, -0.2) is 38.3 Å². The highest BCUT2D eigenvalue weighted by Crippen LogP contribution is 2.29. The Labute approximate surface area is 174 Å². The molecule has 0 fully saturated rings. The van der Waals surface area contributed by atoms with Crippen molar-refractivity contribution >= 4 is 17.7 Å². The van der Waals surface area contributed by atoms with Gasteiger partial charge in [-0.3, -0.25) is 4.79 Å². The molecule has 156 valence electrons. The molecule has 0 unspecified atom stereocenters. The number of hydrogen-bond acceptors (Lipinski definition) is 4. The van der Waals surface area contributed by atoms with Gasteiger partial charge in [-0.1, -0.05) is 38.0 Å². The van der Waals surface area contributed by atoms with Gasteiger partial charge in [0.1, 0.15) is 11.5 Å². The number of nitrogens with zero attached hydrogens (tertiary/aromatic N) is 1. The van der Waals surface area contributed by atoms with Crippen molar-refractivity contribution < 1.29 is 14.6 Å². The van der Waals surface area contributed by atoms with E-state index in [1.807, 2.05) is 36.4 Å². The van der Waals surface area contributed by atoms with Crippen molar-refractivity contribution in [3.05, 3.63) is 59.7 Å². The van der Waals surface area contributed by atoms with Crippen LogP contribution >= 0.6 is 0 Å². The second kappa shape index (κ2) is 11.8. The van der Waals surface area contributed by atoms with Crippen LogP contribution in [0.2, 0.25) is 0 Å². The van der Waals surface area contributed by atoms with E-state index in [1.54, 1.807) is 25.3 Å². The Balaban J connectivity index is 1.91. The van der Waals surface area contributed by atoms with E-state index in [0.717, 1.165) is 42.0 Å². The van der Waals surface area contributed by atoms with E-state index in [0.29, 0.717) is 6.54 Å². The number of benzene rings is 2. The lowest BCUT2D eigenvalue weighted by atomic mass is 10.1. The number of carbonyl (C=O) groups is 1. The average Bonchev–Trinajstić information content (AvgIpc) is 2.73. The maximum Gasteiger partial charge on any atom is 0.244 e. The minimum atomic E-state index is -0.127. The first-order valence-electron chi connectivity index (χ1n) is 10.2. The van der Waals surface area contributed by atoms with Gasteiger partial charge in [0.2, 0.25) is 5.91 Å². The number of phenolic OH excluding ortho intramolecular Hbond substituents is 1. The summed E-state index contributed by atoms with van der Waals surface area (Å²) in [6.07, 6.45) is 7.62. The molecule has 0 heterocycles. The molecule has 0 spiro atoms. The van der Waals surface area contributed by atoms with Gasteiger partial charge in [-0.15, -0.1) is 0 Å². The quantitative estimate of drug-likeness (QED) is 0.437. The van der Waals surface area contributed by atoms with Gasteiger partial charge in [-0.05, 0) is 54.3 Å². The van der Waals surface area contributed by atoms with Crippen LogP contribution in [0.4, 0.5) is 5.69 Å². The zero-order valence-corrected chi connectivity index (χ0v) is 17.6. The highest BCUT2D eigenvalue weighted by molar-refractivity contribution is 5.91. The zero-order valence-electron chi connectivity index (χ0n) is 17.6. The summed E-state index contributed by atoms with van der Waals surface area (Å²) in [5.41, 5.74) is 3.05. The van der Waals surface area contributed by atoms with Gasteiger partial charge in [0.25, 0.3) is 0 Å². The number of amides is 1. The molecule has 0 aromatic heterocycles. The summed E-state index contributed by atoms with van der Waals surface area (Å²) < 4.78 is 5.50. The van der Waals surface area contributed by atoms with Crippen molar-refractivity contribution in [1.29, 1.82) is 0 Å². The molecule has 0 aliphatic heterocycles. The number of nitrogens with one attached hydrogen (secondary N) is 1. The van der Waals surface area contributed by atoms with Gasteiger partial charge in [0, 0.05) is 26.2 Å². The summed E-state index contributed by atoms with van der Waals surface area (Å²) in [7, 11) is 3.74. The maximum atomic E-state index is 12.1. The van der Waals surface area contributed by atoms with E-state index in [4.69, 9.17) is 4.74 Å². The molecule has 0 radical (unpaired) electrons. The fourth-order valence-electron chi connectivity index (χ4n) is 3.05. The van der Waals surface area contributed by atoms with E-state index in [1.165, 1.54) is 12.8 Å². The summed E-state index contributed by atoms with van der Waals surface area (Å²) in [6, 6.07) is 12.9. The van der Waals surface area contributed by atoms with Crippen molar-refractivity contribution in [1.82, 2.24) is 5.32 Å². The molecule has 2 rings (SSSR count). The van der Waals surface area contributed by atoms with Gasteiger partial charge < -0.3 is 20.1 Å². The monoisotopic (exact) mass is 396 g/mol. The van der Waals surface area contributed by atoms with Gasteiger partial charge >= 0.3 is 0 Å². The van der Waals surface area contributed by atoms with Gasteiger partial charge in [0.15, 0.2) is 0 Å². The van der Waals surface area contributed by atoms with E-state index in [-0.39, 0.29) is 11.7 Å². The Morgan fingerprint density at radius 2 is 1.93 bits per heavy atom. The standard InChI is InChI=1S/C24H32N2O3/c1-4-5-6-17-26(2)22-18-20(9-13-23(22)29-3)10-14-24(28)25-16-15-19-7-11-21(27)12-8-19/h7-14,18,27H,4-6,15-17H2,1-3H3,(H,25,28). The Bertz CT molecular complexity index is 800. The predicted octanol–water partition coefficient (Wildman–Crippen LogP) is 4.40. The van der Waals surface area contributed by atoms with Crippen LogP contribution in [0.25, 0.3) is 6.08 Å². The van der Waals surface area contributed by atoms with Crippen LogP contribution in [0.5, 0.6) is 11.5 Å². The highest BCUT2D eigenvalue weighted by Gasteiger charge is 2.08. The van der Waals surface area contributed by atoms with Gasteiger partial charge in [0.05, 0.1) is 12.8 Å². The smallest absolute Gasteiger partial charge is 0.244 e. The normalized spacial score (nSPS) is 10.9. The van der Waals surface area contributed by atoms with E-state index < -0.39 is 0 Å². The Morgan fingerprint density at radius 3 is 2.62 bits per heavy atom. The topological polar surface area (TPSA) is 61.8 Å². The lowest BCUT2D eigenvalue weighted by Crippen LogP contribution is -2.23. The van der Waals surface area contributed by atoms with Crippen molar-refractivity contribution in [3.63, 3.8) is 0 Å². The Kier molecular flexibility index (Phi) is 9.09. The van der Waals surface area contributed by atoms with Crippen molar-refractivity contribution in [2.75, 3.05) is 32.1 Å². The number of anilines is 1. The van der Waals surface area contributed by atoms with Gasteiger partial charge in [-0.2, -0.15) is 0 Å². The van der Waals surface area contributed by atoms with Crippen LogP contribution in [-0.2, 0) is 11.2 Å². The number of hydrogen-bond donors (Lipinski definition) is 2. The number of carbonyl (C=O) groups excluding carboxylic acids is 1. The molecule has 5 nitrogen and oxygen atoms in total. The van der Waals surface area contributed by atoms with Gasteiger partial charge in [-0.25, -0.2) is 0 Å². The zero-order chi connectivity index (χ0) is 21.1. The Morgan fingerprint density at radius 1 is 1.17 bits per heavy atom. The number of rotatable bonds is 11. The van der Waals surface area contributed by atoms with Crippen molar-refractivity contribution in [3.8, 4) is 11.5 Å². The molecule has 29 heavy (non-hydrogen) atoms. The van der Waals surface area contributed by atoms with Crippen LogP contribution < -0.4 is 15.0 Å². The van der Waals surface area contributed by atoms with Crippen LogP contribution in [0.15, 0.2) is 48.5 Å². The van der Waals surface area contributed by atoms with E-state index >= 15 is 0 Å². The number of methoxy groups -OCH3 is 1. The van der Waals surface area contributed by atoms with Crippen LogP contribution in [0, 0.1) is 0 Å². The van der Waals surface area contributed by atoms with Crippen molar-refractivity contribution in [2.45, 2.75) is 32.6 Å². The highest BCUT2D eigenvalue weighted by atomic mass is 16.5. The van der Waals surface area contributed by atoms with Crippen LogP contribution in [0.3, 0.4) is 0 Å².